The van der Waals surface area contributed by atoms with E-state index in [9.17, 15) is 24.0 Å². The number of hydrogen-bond donors (Lipinski definition) is 3. The highest BCUT2D eigenvalue weighted by Crippen LogP contribution is 2.35. The Hall–Kier alpha value is -2.85. The molecular formula is C20H21Cl2N5O5. The summed E-state index contributed by atoms with van der Waals surface area (Å²) in [5, 5.41) is 6.37. The second-order valence-corrected chi connectivity index (χ2v) is 9.16. The van der Waals surface area contributed by atoms with Crippen LogP contribution in [0.5, 0.6) is 0 Å². The van der Waals surface area contributed by atoms with E-state index in [4.69, 9.17) is 23.2 Å². The second kappa shape index (κ2) is 7.93. The van der Waals surface area contributed by atoms with Crippen LogP contribution in [-0.4, -0.2) is 51.8 Å². The topological polar surface area (TPSA) is 128 Å². The van der Waals surface area contributed by atoms with E-state index >= 15 is 0 Å². The third-order valence-electron chi connectivity index (χ3n) is 6.15. The van der Waals surface area contributed by atoms with Gasteiger partial charge in [0.2, 0.25) is 0 Å². The molecule has 32 heavy (non-hydrogen) atoms. The standard InChI is InChI=1S/C20H21Cl2N5O5/c1-19(12-6-5-11(21)9-13(12)22)15(29)26(17(31)23-19)10-14(28)25-27-16(30)20(24-18(27)32)7-3-2-4-8-20/h5-6,9H,2-4,7-8,10H2,1H3,(H,23,31)(H,24,32)(H,25,28). The number of nitrogens with zero attached hydrogens (tertiary/aromatic N) is 2. The second-order valence-electron chi connectivity index (χ2n) is 8.32. The minimum Gasteiger partial charge on any atom is -0.322 e. The number of amides is 7. The van der Waals surface area contributed by atoms with Crippen LogP contribution in [0.1, 0.15) is 44.6 Å². The molecule has 1 atom stereocenters. The van der Waals surface area contributed by atoms with Gasteiger partial charge in [-0.15, -0.1) is 0 Å². The lowest BCUT2D eigenvalue weighted by Crippen LogP contribution is -2.53. The molecule has 10 nitrogen and oxygen atoms in total. The average Bonchev–Trinajstić information content (AvgIpc) is 3.08. The minimum atomic E-state index is -1.51. The first kappa shape index (κ1) is 22.3. The number of rotatable bonds is 4. The van der Waals surface area contributed by atoms with Crippen LogP contribution in [0.3, 0.4) is 0 Å². The molecule has 3 fully saturated rings. The molecule has 4 rings (SSSR count). The predicted octanol–water partition coefficient (Wildman–Crippen LogP) is 2.05. The molecule has 0 aromatic heterocycles. The van der Waals surface area contributed by atoms with E-state index in [2.05, 4.69) is 16.1 Å². The molecule has 170 valence electrons. The first-order chi connectivity index (χ1) is 15.1. The van der Waals surface area contributed by atoms with Gasteiger partial charge in [0, 0.05) is 15.6 Å². The summed E-state index contributed by atoms with van der Waals surface area (Å²) in [7, 11) is 0. The van der Waals surface area contributed by atoms with Crippen molar-refractivity contribution in [2.75, 3.05) is 6.54 Å². The molecule has 1 saturated carbocycles. The zero-order valence-electron chi connectivity index (χ0n) is 17.2. The van der Waals surface area contributed by atoms with E-state index in [1.807, 2.05) is 0 Å². The predicted molar refractivity (Wildman–Crippen MR) is 113 cm³/mol. The number of benzene rings is 1. The summed E-state index contributed by atoms with van der Waals surface area (Å²) in [4.78, 5) is 63.9. The summed E-state index contributed by atoms with van der Waals surface area (Å²) in [5.74, 6) is -2.11. The van der Waals surface area contributed by atoms with Crippen molar-refractivity contribution in [3.8, 4) is 0 Å². The smallest absolute Gasteiger partial charge is 0.322 e. The van der Waals surface area contributed by atoms with Crippen LogP contribution in [0.2, 0.25) is 10.0 Å². The highest BCUT2D eigenvalue weighted by molar-refractivity contribution is 6.35. The molecule has 2 heterocycles. The van der Waals surface area contributed by atoms with Crippen molar-refractivity contribution in [1.82, 2.24) is 26.0 Å². The maximum absolute atomic E-state index is 13.0. The Morgan fingerprint density at radius 1 is 1.03 bits per heavy atom. The third-order valence-corrected chi connectivity index (χ3v) is 6.70. The highest BCUT2D eigenvalue weighted by Gasteiger charge is 2.53. The fourth-order valence-electron chi connectivity index (χ4n) is 4.44. The molecule has 1 unspecified atom stereocenters. The van der Waals surface area contributed by atoms with Crippen LogP contribution < -0.4 is 16.1 Å². The molecule has 2 saturated heterocycles. The fraction of sp³-hybridized carbons (Fsp3) is 0.450. The number of halogens is 2. The van der Waals surface area contributed by atoms with Crippen molar-refractivity contribution in [2.45, 2.75) is 50.1 Å². The van der Waals surface area contributed by atoms with Crippen LogP contribution in [-0.2, 0) is 19.9 Å². The van der Waals surface area contributed by atoms with Crippen LogP contribution >= 0.6 is 23.2 Å². The first-order valence-electron chi connectivity index (χ1n) is 10.1. The van der Waals surface area contributed by atoms with Gasteiger partial charge in [0.1, 0.15) is 17.6 Å². The van der Waals surface area contributed by atoms with Gasteiger partial charge in [-0.2, -0.15) is 5.01 Å². The Labute approximate surface area is 193 Å². The molecule has 2 aliphatic heterocycles. The molecule has 7 amide bonds. The van der Waals surface area contributed by atoms with Crippen molar-refractivity contribution in [1.29, 1.82) is 0 Å². The summed E-state index contributed by atoms with van der Waals surface area (Å²) < 4.78 is 0. The Balaban J connectivity index is 1.47. The van der Waals surface area contributed by atoms with Gasteiger partial charge in [-0.3, -0.25) is 24.7 Å². The largest absolute Gasteiger partial charge is 0.344 e. The van der Waals surface area contributed by atoms with Crippen LogP contribution in [0.15, 0.2) is 18.2 Å². The molecule has 3 N–H and O–H groups in total. The maximum atomic E-state index is 13.0. The normalized spacial score (nSPS) is 24.7. The minimum absolute atomic E-state index is 0.178. The summed E-state index contributed by atoms with van der Waals surface area (Å²) >= 11 is 12.1. The van der Waals surface area contributed by atoms with Crippen LogP contribution in [0, 0.1) is 0 Å². The van der Waals surface area contributed by atoms with Gasteiger partial charge in [0.15, 0.2) is 0 Å². The number of nitrogens with one attached hydrogen (secondary N) is 3. The molecule has 1 aromatic rings. The summed E-state index contributed by atoms with van der Waals surface area (Å²) in [5.41, 5.74) is 0.0226. The van der Waals surface area contributed by atoms with Gasteiger partial charge in [-0.1, -0.05) is 48.5 Å². The van der Waals surface area contributed by atoms with Crippen LogP contribution in [0.25, 0.3) is 0 Å². The van der Waals surface area contributed by atoms with Crippen molar-refractivity contribution in [3.63, 3.8) is 0 Å². The maximum Gasteiger partial charge on any atom is 0.344 e. The van der Waals surface area contributed by atoms with Gasteiger partial charge >= 0.3 is 12.1 Å². The highest BCUT2D eigenvalue weighted by atomic mass is 35.5. The average molecular weight is 482 g/mol. The van der Waals surface area contributed by atoms with E-state index in [1.165, 1.54) is 25.1 Å². The van der Waals surface area contributed by atoms with Crippen molar-refractivity contribution >= 4 is 53.0 Å². The lowest BCUT2D eigenvalue weighted by atomic mass is 9.82. The molecule has 1 spiro atoms. The zero-order valence-corrected chi connectivity index (χ0v) is 18.7. The Morgan fingerprint density at radius 2 is 1.72 bits per heavy atom. The Morgan fingerprint density at radius 3 is 2.38 bits per heavy atom. The molecule has 0 radical (unpaired) electrons. The molecular weight excluding hydrogens is 461 g/mol. The fourth-order valence-corrected chi connectivity index (χ4v) is 5.04. The SMILES string of the molecule is CC1(c2ccc(Cl)cc2Cl)NC(=O)N(CC(=O)NN2C(=O)NC3(CCCCC3)C2=O)C1=O. The number of urea groups is 2. The number of imide groups is 2. The lowest BCUT2D eigenvalue weighted by molar-refractivity contribution is -0.141. The zero-order chi connectivity index (χ0) is 23.3. The van der Waals surface area contributed by atoms with E-state index in [1.54, 1.807) is 0 Å². The van der Waals surface area contributed by atoms with Crippen LogP contribution in [0.4, 0.5) is 9.59 Å². The Bertz CT molecular complexity index is 1040. The van der Waals surface area contributed by atoms with E-state index in [0.717, 1.165) is 19.3 Å². The lowest BCUT2D eigenvalue weighted by Gasteiger charge is -2.30. The monoisotopic (exact) mass is 481 g/mol. The number of hydrazine groups is 1. The van der Waals surface area contributed by atoms with Gasteiger partial charge in [-0.05, 0) is 31.9 Å². The van der Waals surface area contributed by atoms with E-state index in [0.29, 0.717) is 33.3 Å². The number of carbonyl (C=O) groups is 5. The molecule has 0 bridgehead atoms. The van der Waals surface area contributed by atoms with Crippen molar-refractivity contribution in [2.24, 2.45) is 0 Å². The number of hydrogen-bond acceptors (Lipinski definition) is 5. The van der Waals surface area contributed by atoms with Crippen molar-refractivity contribution in [3.05, 3.63) is 33.8 Å². The van der Waals surface area contributed by atoms with Gasteiger partial charge in [0.25, 0.3) is 17.7 Å². The summed E-state index contributed by atoms with van der Waals surface area (Å²) in [6, 6.07) is 2.95. The summed E-state index contributed by atoms with van der Waals surface area (Å²) in [6.07, 6.45) is 3.55. The molecule has 1 aliphatic carbocycles. The van der Waals surface area contributed by atoms with Crippen molar-refractivity contribution < 1.29 is 24.0 Å². The van der Waals surface area contributed by atoms with Gasteiger partial charge in [0.05, 0.1) is 0 Å². The molecule has 1 aromatic carbocycles. The quantitative estimate of drug-likeness (QED) is 0.566. The van der Waals surface area contributed by atoms with Gasteiger partial charge in [-0.25, -0.2) is 9.59 Å². The molecule has 12 heteroatoms. The number of carbonyl (C=O) groups excluding carboxylic acids is 5. The third kappa shape index (κ3) is 3.57. The van der Waals surface area contributed by atoms with E-state index in [-0.39, 0.29) is 5.02 Å². The van der Waals surface area contributed by atoms with E-state index < -0.39 is 47.4 Å². The van der Waals surface area contributed by atoms with Gasteiger partial charge < -0.3 is 10.6 Å². The summed E-state index contributed by atoms with van der Waals surface area (Å²) in [6.45, 7) is 0.778. The molecule has 3 aliphatic rings. The first-order valence-corrected chi connectivity index (χ1v) is 10.9. The Kier molecular flexibility index (Phi) is 5.54.